The maximum absolute atomic E-state index is 12.6. The highest BCUT2D eigenvalue weighted by Crippen LogP contribution is 2.29. The first-order chi connectivity index (χ1) is 14.5. The fourth-order valence-electron chi connectivity index (χ4n) is 3.85. The zero-order chi connectivity index (χ0) is 21.5. The molecule has 2 aromatic rings. The Hall–Kier alpha value is -3.02. The van der Waals surface area contributed by atoms with E-state index in [1.54, 1.807) is 18.2 Å². The maximum Gasteiger partial charge on any atom is 0.338 e. The molecule has 0 bridgehead atoms. The summed E-state index contributed by atoms with van der Waals surface area (Å²) in [5, 5.41) is 0. The van der Waals surface area contributed by atoms with E-state index in [2.05, 4.69) is 0 Å². The molecule has 0 unspecified atom stereocenters. The fourth-order valence-corrected chi connectivity index (χ4v) is 3.85. The third-order valence-corrected chi connectivity index (χ3v) is 5.44. The number of carbonyl (C=O) groups excluding carboxylic acids is 2. The summed E-state index contributed by atoms with van der Waals surface area (Å²) in [6.45, 7) is 4.20. The van der Waals surface area contributed by atoms with E-state index in [1.165, 1.54) is 7.11 Å². The zero-order valence-corrected chi connectivity index (χ0v) is 17.8. The number of esters is 1. The summed E-state index contributed by atoms with van der Waals surface area (Å²) >= 11 is 0. The third kappa shape index (κ3) is 5.32. The molecule has 0 spiro atoms. The minimum atomic E-state index is -0.562. The average molecular weight is 411 g/mol. The molecule has 1 aliphatic heterocycles. The van der Waals surface area contributed by atoms with E-state index in [9.17, 15) is 9.59 Å². The first kappa shape index (κ1) is 21.7. The van der Waals surface area contributed by atoms with Gasteiger partial charge >= 0.3 is 5.97 Å². The molecule has 2 atom stereocenters. The van der Waals surface area contributed by atoms with Crippen LogP contribution < -0.4 is 9.47 Å². The molecule has 3 rings (SSSR count). The SMILES string of the molecule is COc1cc(C(=O)OCC(=O)N2[C@H](C)CCC[C@@H]2C)ccc1OCc1ccccc1. The van der Waals surface area contributed by atoms with E-state index >= 15 is 0 Å². The Morgan fingerprint density at radius 3 is 2.37 bits per heavy atom. The molecule has 1 heterocycles. The molecular formula is C24H29NO5. The number of piperidine rings is 1. The number of hydrogen-bond donors (Lipinski definition) is 0. The number of rotatable bonds is 7. The van der Waals surface area contributed by atoms with Crippen LogP contribution in [0, 0.1) is 0 Å². The Bertz CT molecular complexity index is 857. The summed E-state index contributed by atoms with van der Waals surface area (Å²) in [4.78, 5) is 26.9. The van der Waals surface area contributed by atoms with E-state index in [1.807, 2.05) is 49.1 Å². The molecule has 2 aromatic carbocycles. The number of benzene rings is 2. The molecule has 1 saturated heterocycles. The Labute approximate surface area is 177 Å². The number of hydrogen-bond acceptors (Lipinski definition) is 5. The van der Waals surface area contributed by atoms with Crippen LogP contribution in [-0.2, 0) is 16.1 Å². The van der Waals surface area contributed by atoms with Crippen molar-refractivity contribution in [1.29, 1.82) is 0 Å². The minimum Gasteiger partial charge on any atom is -0.493 e. The number of methoxy groups -OCH3 is 1. The van der Waals surface area contributed by atoms with Crippen molar-refractivity contribution in [1.82, 2.24) is 4.90 Å². The molecule has 1 fully saturated rings. The van der Waals surface area contributed by atoms with Crippen molar-refractivity contribution >= 4 is 11.9 Å². The smallest absolute Gasteiger partial charge is 0.338 e. The second kappa shape index (κ2) is 10.1. The van der Waals surface area contributed by atoms with Gasteiger partial charge in [-0.2, -0.15) is 0 Å². The van der Waals surface area contributed by atoms with Gasteiger partial charge in [-0.3, -0.25) is 4.79 Å². The van der Waals surface area contributed by atoms with E-state index in [0.717, 1.165) is 24.8 Å². The third-order valence-electron chi connectivity index (χ3n) is 5.44. The van der Waals surface area contributed by atoms with Crippen molar-refractivity contribution in [2.75, 3.05) is 13.7 Å². The zero-order valence-electron chi connectivity index (χ0n) is 17.8. The number of amides is 1. The second-order valence-corrected chi connectivity index (χ2v) is 7.65. The molecule has 0 aromatic heterocycles. The van der Waals surface area contributed by atoms with Gasteiger partial charge in [0, 0.05) is 12.1 Å². The van der Waals surface area contributed by atoms with Gasteiger partial charge in [0.2, 0.25) is 0 Å². The molecule has 160 valence electrons. The van der Waals surface area contributed by atoms with Gasteiger partial charge in [-0.25, -0.2) is 4.79 Å². The van der Waals surface area contributed by atoms with Crippen molar-refractivity contribution in [3.63, 3.8) is 0 Å². The highest BCUT2D eigenvalue weighted by Gasteiger charge is 2.29. The standard InChI is InChI=1S/C24H29NO5/c1-17-8-7-9-18(2)25(17)23(26)16-30-24(27)20-12-13-21(22(14-20)28-3)29-15-19-10-5-4-6-11-19/h4-6,10-14,17-18H,7-9,15-16H2,1-3H3/t17-,18+. The molecule has 0 aliphatic carbocycles. The largest absolute Gasteiger partial charge is 0.493 e. The van der Waals surface area contributed by atoms with E-state index in [4.69, 9.17) is 14.2 Å². The Kier molecular flexibility index (Phi) is 7.33. The topological polar surface area (TPSA) is 65.1 Å². The minimum absolute atomic E-state index is 0.155. The first-order valence-electron chi connectivity index (χ1n) is 10.3. The fraction of sp³-hybridized carbons (Fsp3) is 0.417. The molecular weight excluding hydrogens is 382 g/mol. The number of nitrogens with zero attached hydrogens (tertiary/aromatic N) is 1. The van der Waals surface area contributed by atoms with Crippen LogP contribution in [0.3, 0.4) is 0 Å². The van der Waals surface area contributed by atoms with Crippen molar-refractivity contribution in [3.05, 3.63) is 59.7 Å². The highest BCUT2D eigenvalue weighted by molar-refractivity contribution is 5.92. The van der Waals surface area contributed by atoms with Gasteiger partial charge in [-0.05, 0) is 56.9 Å². The van der Waals surface area contributed by atoms with Crippen molar-refractivity contribution in [2.24, 2.45) is 0 Å². The summed E-state index contributed by atoms with van der Waals surface area (Å²) in [5.41, 5.74) is 1.34. The lowest BCUT2D eigenvalue weighted by Gasteiger charge is -2.38. The van der Waals surface area contributed by atoms with Crippen molar-refractivity contribution in [2.45, 2.75) is 51.8 Å². The quantitative estimate of drug-likeness (QED) is 0.638. The van der Waals surface area contributed by atoms with Crippen LogP contribution in [0.4, 0.5) is 0 Å². The van der Waals surface area contributed by atoms with Gasteiger partial charge in [0.05, 0.1) is 12.7 Å². The van der Waals surface area contributed by atoms with E-state index in [-0.39, 0.29) is 24.6 Å². The molecule has 1 amide bonds. The molecule has 0 N–H and O–H groups in total. The van der Waals surface area contributed by atoms with E-state index in [0.29, 0.717) is 23.7 Å². The van der Waals surface area contributed by atoms with Crippen LogP contribution in [0.2, 0.25) is 0 Å². The lowest BCUT2D eigenvalue weighted by atomic mass is 9.97. The summed E-state index contributed by atoms with van der Waals surface area (Å²) in [5.74, 6) is 0.251. The molecule has 0 radical (unpaired) electrons. The van der Waals surface area contributed by atoms with Gasteiger partial charge in [0.15, 0.2) is 18.1 Å². The number of carbonyl (C=O) groups is 2. The lowest BCUT2D eigenvalue weighted by Crippen LogP contribution is -2.49. The normalized spacial score (nSPS) is 18.6. The van der Waals surface area contributed by atoms with Crippen LogP contribution in [0.5, 0.6) is 11.5 Å². The van der Waals surface area contributed by atoms with Crippen LogP contribution in [0.15, 0.2) is 48.5 Å². The maximum atomic E-state index is 12.6. The average Bonchev–Trinajstić information content (AvgIpc) is 2.76. The van der Waals surface area contributed by atoms with Crippen molar-refractivity contribution in [3.8, 4) is 11.5 Å². The van der Waals surface area contributed by atoms with E-state index < -0.39 is 5.97 Å². The molecule has 6 nitrogen and oxygen atoms in total. The van der Waals surface area contributed by atoms with Gasteiger partial charge in [-0.15, -0.1) is 0 Å². The second-order valence-electron chi connectivity index (χ2n) is 7.65. The summed E-state index contributed by atoms with van der Waals surface area (Å²) < 4.78 is 16.5. The summed E-state index contributed by atoms with van der Waals surface area (Å²) in [6.07, 6.45) is 3.07. The Morgan fingerprint density at radius 1 is 1.00 bits per heavy atom. The van der Waals surface area contributed by atoms with Gasteiger partial charge < -0.3 is 19.1 Å². The molecule has 0 saturated carbocycles. The number of likely N-dealkylation sites (tertiary alicyclic amines) is 1. The van der Waals surface area contributed by atoms with Crippen LogP contribution >= 0.6 is 0 Å². The van der Waals surface area contributed by atoms with Crippen LogP contribution in [0.1, 0.15) is 49.0 Å². The summed E-state index contributed by atoms with van der Waals surface area (Å²) in [6, 6.07) is 15.0. The molecule has 6 heteroatoms. The molecule has 30 heavy (non-hydrogen) atoms. The predicted molar refractivity (Wildman–Crippen MR) is 114 cm³/mol. The number of ether oxygens (including phenoxy) is 3. The van der Waals surface area contributed by atoms with Gasteiger partial charge in [0.1, 0.15) is 6.61 Å². The summed E-state index contributed by atoms with van der Waals surface area (Å²) in [7, 11) is 1.52. The van der Waals surface area contributed by atoms with Crippen LogP contribution in [0.25, 0.3) is 0 Å². The predicted octanol–water partition coefficient (Wildman–Crippen LogP) is 4.22. The Balaban J connectivity index is 1.59. The van der Waals surface area contributed by atoms with Crippen LogP contribution in [-0.4, -0.2) is 42.6 Å². The highest BCUT2D eigenvalue weighted by atomic mass is 16.5. The van der Waals surface area contributed by atoms with Gasteiger partial charge in [-0.1, -0.05) is 30.3 Å². The van der Waals surface area contributed by atoms with Crippen molar-refractivity contribution < 1.29 is 23.8 Å². The van der Waals surface area contributed by atoms with Gasteiger partial charge in [0.25, 0.3) is 5.91 Å². The monoisotopic (exact) mass is 411 g/mol. The lowest BCUT2D eigenvalue weighted by molar-refractivity contribution is -0.140. The first-order valence-corrected chi connectivity index (χ1v) is 10.3. The Morgan fingerprint density at radius 2 is 1.70 bits per heavy atom. The molecule has 1 aliphatic rings.